The van der Waals surface area contributed by atoms with Crippen LogP contribution in [0.15, 0.2) is 24.4 Å². The number of carbonyl (C=O) groups is 2. The Morgan fingerprint density at radius 1 is 1.37 bits per heavy atom. The summed E-state index contributed by atoms with van der Waals surface area (Å²) in [5.41, 5.74) is 5.02. The van der Waals surface area contributed by atoms with E-state index < -0.39 is 0 Å². The zero-order valence-electron chi connectivity index (χ0n) is 15.6. The SMILES string of the molecule is CC(C)Oc1cc2c(N3CC4NC(=O)OC4C3)nccc2cc1C=O.CN. The number of alkyl carbamates (subject to hydrolysis) is 1. The number of hydrogen-bond acceptors (Lipinski definition) is 7. The summed E-state index contributed by atoms with van der Waals surface area (Å²) < 4.78 is 11.1. The topological polar surface area (TPSA) is 107 Å². The number of ether oxygens (including phenoxy) is 2. The molecular weight excluding hydrogens is 348 g/mol. The molecule has 2 unspecified atom stereocenters. The van der Waals surface area contributed by atoms with Crippen LogP contribution < -0.4 is 20.7 Å². The third-order valence-electron chi connectivity index (χ3n) is 4.49. The lowest BCUT2D eigenvalue weighted by Crippen LogP contribution is -2.32. The van der Waals surface area contributed by atoms with E-state index in [0.29, 0.717) is 24.4 Å². The van der Waals surface area contributed by atoms with Crippen molar-refractivity contribution in [3.05, 3.63) is 30.0 Å². The van der Waals surface area contributed by atoms with Crippen LogP contribution in [0.25, 0.3) is 10.8 Å². The Kier molecular flexibility index (Phi) is 5.46. The van der Waals surface area contributed by atoms with Crippen molar-refractivity contribution < 1.29 is 19.1 Å². The van der Waals surface area contributed by atoms with Crippen LogP contribution in [0.4, 0.5) is 10.6 Å². The molecule has 4 rings (SSSR count). The molecule has 0 radical (unpaired) electrons. The largest absolute Gasteiger partial charge is 0.490 e. The quantitative estimate of drug-likeness (QED) is 0.787. The van der Waals surface area contributed by atoms with Crippen molar-refractivity contribution in [1.82, 2.24) is 10.3 Å². The smallest absolute Gasteiger partial charge is 0.407 e. The van der Waals surface area contributed by atoms with Gasteiger partial charge in [-0.3, -0.25) is 4.79 Å². The lowest BCUT2D eigenvalue weighted by molar-refractivity contribution is 0.111. The van der Waals surface area contributed by atoms with Gasteiger partial charge in [0.15, 0.2) is 6.29 Å². The molecule has 1 amide bonds. The molecule has 2 fully saturated rings. The highest BCUT2D eigenvalue weighted by molar-refractivity contribution is 5.98. The summed E-state index contributed by atoms with van der Waals surface area (Å²) in [6.45, 7) is 5.07. The first-order valence-electron chi connectivity index (χ1n) is 8.89. The first-order valence-corrected chi connectivity index (χ1v) is 8.89. The number of nitrogens with one attached hydrogen (secondary N) is 1. The highest BCUT2D eigenvalue weighted by atomic mass is 16.6. The van der Waals surface area contributed by atoms with E-state index in [9.17, 15) is 9.59 Å². The van der Waals surface area contributed by atoms with Gasteiger partial charge in [0, 0.05) is 18.1 Å². The van der Waals surface area contributed by atoms with Crippen LogP contribution in [0.3, 0.4) is 0 Å². The second-order valence-corrected chi connectivity index (χ2v) is 6.63. The van der Waals surface area contributed by atoms with Crippen LogP contribution in [-0.4, -0.2) is 55.8 Å². The van der Waals surface area contributed by atoms with E-state index in [1.54, 1.807) is 6.20 Å². The third-order valence-corrected chi connectivity index (χ3v) is 4.49. The fraction of sp³-hybridized carbons (Fsp3) is 0.421. The monoisotopic (exact) mass is 372 g/mol. The van der Waals surface area contributed by atoms with Crippen molar-refractivity contribution in [2.24, 2.45) is 5.73 Å². The Bertz CT molecular complexity index is 839. The van der Waals surface area contributed by atoms with Crippen LogP contribution in [0, 0.1) is 0 Å². The number of aromatic nitrogens is 1. The van der Waals surface area contributed by atoms with Crippen molar-refractivity contribution >= 4 is 29.0 Å². The number of benzene rings is 1. The zero-order chi connectivity index (χ0) is 19.6. The third kappa shape index (κ3) is 3.66. The van der Waals surface area contributed by atoms with Crippen LogP contribution in [0.1, 0.15) is 24.2 Å². The molecule has 144 valence electrons. The van der Waals surface area contributed by atoms with Gasteiger partial charge in [0.25, 0.3) is 0 Å². The molecule has 0 spiro atoms. The Morgan fingerprint density at radius 3 is 2.81 bits per heavy atom. The number of anilines is 1. The molecule has 2 aliphatic heterocycles. The predicted molar refractivity (Wildman–Crippen MR) is 102 cm³/mol. The van der Waals surface area contributed by atoms with Gasteiger partial charge >= 0.3 is 6.09 Å². The molecular formula is C19H24N4O4. The minimum atomic E-state index is -0.358. The molecule has 2 saturated heterocycles. The fourth-order valence-electron chi connectivity index (χ4n) is 3.43. The van der Waals surface area contributed by atoms with Crippen molar-refractivity contribution in [2.45, 2.75) is 32.1 Å². The normalized spacial score (nSPS) is 20.6. The number of rotatable bonds is 4. The summed E-state index contributed by atoms with van der Waals surface area (Å²) in [6.07, 6.45) is 1.98. The first-order chi connectivity index (χ1) is 13.0. The Morgan fingerprint density at radius 2 is 2.15 bits per heavy atom. The number of fused-ring (bicyclic) bond motifs is 2. The highest BCUT2D eigenvalue weighted by Gasteiger charge is 2.42. The van der Waals surface area contributed by atoms with E-state index in [4.69, 9.17) is 9.47 Å². The minimum Gasteiger partial charge on any atom is -0.490 e. The molecule has 3 heterocycles. The molecule has 2 aliphatic rings. The van der Waals surface area contributed by atoms with Gasteiger partial charge in [0.1, 0.15) is 17.7 Å². The summed E-state index contributed by atoms with van der Waals surface area (Å²) in [7, 11) is 1.50. The van der Waals surface area contributed by atoms with E-state index in [0.717, 1.165) is 22.9 Å². The van der Waals surface area contributed by atoms with Gasteiger partial charge in [-0.2, -0.15) is 0 Å². The van der Waals surface area contributed by atoms with E-state index in [1.807, 2.05) is 32.0 Å². The van der Waals surface area contributed by atoms with E-state index in [-0.39, 0.29) is 24.3 Å². The number of pyridine rings is 1. The summed E-state index contributed by atoms with van der Waals surface area (Å²) in [5, 5.41) is 4.65. The number of nitrogens with two attached hydrogens (primary N) is 1. The maximum atomic E-state index is 11.4. The van der Waals surface area contributed by atoms with Crippen LogP contribution in [0.2, 0.25) is 0 Å². The van der Waals surface area contributed by atoms with Crippen molar-refractivity contribution in [3.63, 3.8) is 0 Å². The Labute approximate surface area is 157 Å². The maximum Gasteiger partial charge on any atom is 0.407 e. The van der Waals surface area contributed by atoms with Crippen molar-refractivity contribution in [2.75, 3.05) is 25.0 Å². The fourth-order valence-corrected chi connectivity index (χ4v) is 3.43. The van der Waals surface area contributed by atoms with Gasteiger partial charge in [-0.05, 0) is 44.5 Å². The Balaban J connectivity index is 0.00000102. The van der Waals surface area contributed by atoms with Gasteiger partial charge in [0.05, 0.1) is 24.3 Å². The van der Waals surface area contributed by atoms with Crippen LogP contribution in [0.5, 0.6) is 5.75 Å². The average Bonchev–Trinajstić information content (AvgIpc) is 3.19. The lowest BCUT2D eigenvalue weighted by Gasteiger charge is -2.21. The molecule has 8 heteroatoms. The van der Waals surface area contributed by atoms with E-state index in [1.165, 1.54) is 7.05 Å². The van der Waals surface area contributed by atoms with Crippen LogP contribution >= 0.6 is 0 Å². The highest BCUT2D eigenvalue weighted by Crippen LogP contribution is 2.33. The number of aldehydes is 1. The van der Waals surface area contributed by atoms with Gasteiger partial charge < -0.3 is 25.4 Å². The molecule has 0 bridgehead atoms. The van der Waals surface area contributed by atoms with Gasteiger partial charge in [-0.25, -0.2) is 9.78 Å². The number of hydrogen-bond donors (Lipinski definition) is 2. The maximum absolute atomic E-state index is 11.4. The second-order valence-electron chi connectivity index (χ2n) is 6.63. The minimum absolute atomic E-state index is 0.0230. The van der Waals surface area contributed by atoms with E-state index in [2.05, 4.69) is 20.9 Å². The second kappa shape index (κ2) is 7.79. The predicted octanol–water partition coefficient (Wildman–Crippen LogP) is 1.71. The number of amides is 1. The Hall–Kier alpha value is -2.87. The molecule has 1 aromatic carbocycles. The van der Waals surface area contributed by atoms with Crippen LogP contribution in [-0.2, 0) is 4.74 Å². The molecule has 3 N–H and O–H groups in total. The molecule has 0 saturated carbocycles. The standard InChI is InChI=1S/C18H19N3O4.CH5N/c1-10(2)24-15-6-13-11(5-12(15)9-22)3-4-19-17(13)21-7-14-16(8-21)25-18(23)20-14;1-2/h3-6,9-10,14,16H,7-8H2,1-2H3,(H,20,23);2H2,1H3. The molecule has 8 nitrogen and oxygen atoms in total. The molecule has 2 atom stereocenters. The molecule has 27 heavy (non-hydrogen) atoms. The summed E-state index contributed by atoms with van der Waals surface area (Å²) in [4.78, 5) is 29.3. The molecule has 0 aliphatic carbocycles. The van der Waals surface area contributed by atoms with Gasteiger partial charge in [0.2, 0.25) is 0 Å². The van der Waals surface area contributed by atoms with Gasteiger partial charge in [-0.1, -0.05) is 0 Å². The summed E-state index contributed by atoms with van der Waals surface area (Å²) in [5.74, 6) is 1.35. The number of nitrogens with zero attached hydrogens (tertiary/aromatic N) is 2. The van der Waals surface area contributed by atoms with Crippen molar-refractivity contribution in [3.8, 4) is 5.75 Å². The molecule has 1 aromatic heterocycles. The van der Waals surface area contributed by atoms with Gasteiger partial charge in [-0.15, -0.1) is 0 Å². The molecule has 2 aromatic rings. The summed E-state index contributed by atoms with van der Waals surface area (Å²) in [6, 6.07) is 5.54. The zero-order valence-corrected chi connectivity index (χ0v) is 15.6. The lowest BCUT2D eigenvalue weighted by atomic mass is 10.1. The first kappa shape index (κ1) is 18.9. The number of carbonyl (C=O) groups excluding carboxylic acids is 2. The van der Waals surface area contributed by atoms with E-state index >= 15 is 0 Å². The van der Waals surface area contributed by atoms with Crippen molar-refractivity contribution in [1.29, 1.82) is 0 Å². The average molecular weight is 372 g/mol. The summed E-state index contributed by atoms with van der Waals surface area (Å²) >= 11 is 0.